The molecule has 3 atom stereocenters. The van der Waals surface area contributed by atoms with Gasteiger partial charge in [-0.15, -0.1) is 0 Å². The number of likely N-dealkylation sites (tertiary alicyclic amines) is 1. The molecule has 1 fully saturated rings. The van der Waals surface area contributed by atoms with Gasteiger partial charge in [0.15, 0.2) is 6.10 Å². The predicted molar refractivity (Wildman–Crippen MR) is 103 cm³/mol. The number of hydrogen-bond acceptors (Lipinski definition) is 3. The first-order chi connectivity index (χ1) is 12.0. The van der Waals surface area contributed by atoms with Crippen LogP contribution in [0.25, 0.3) is 0 Å². The van der Waals surface area contributed by atoms with Crippen molar-refractivity contribution in [1.29, 1.82) is 0 Å². The second-order valence-electron chi connectivity index (χ2n) is 7.63. The monoisotopic (exact) mass is 346 g/mol. The smallest absolute Gasteiger partial charge is 0.261 e. The molecule has 4 nitrogen and oxygen atoms in total. The molecule has 0 aliphatic carbocycles. The summed E-state index contributed by atoms with van der Waals surface area (Å²) in [7, 11) is 0. The predicted octanol–water partition coefficient (Wildman–Crippen LogP) is 3.64. The van der Waals surface area contributed by atoms with Crippen molar-refractivity contribution in [3.05, 3.63) is 29.8 Å². The lowest BCUT2D eigenvalue weighted by Crippen LogP contribution is -2.42. The lowest BCUT2D eigenvalue weighted by molar-refractivity contribution is -0.128. The molecule has 140 valence electrons. The minimum absolute atomic E-state index is 0.00821. The van der Waals surface area contributed by atoms with Gasteiger partial charge in [0, 0.05) is 19.6 Å². The van der Waals surface area contributed by atoms with Crippen LogP contribution in [0.3, 0.4) is 0 Å². The van der Waals surface area contributed by atoms with Crippen molar-refractivity contribution in [2.45, 2.75) is 53.1 Å². The van der Waals surface area contributed by atoms with Crippen LogP contribution in [0.1, 0.15) is 45.6 Å². The molecular weight excluding hydrogens is 312 g/mol. The van der Waals surface area contributed by atoms with E-state index in [-0.39, 0.29) is 5.91 Å². The Balaban J connectivity index is 1.72. The van der Waals surface area contributed by atoms with E-state index in [1.807, 2.05) is 38.1 Å². The normalized spacial score (nSPS) is 22.4. The molecule has 1 aliphatic heterocycles. The van der Waals surface area contributed by atoms with E-state index in [9.17, 15) is 4.79 Å². The molecule has 4 heteroatoms. The average Bonchev–Trinajstić information content (AvgIpc) is 2.57. The van der Waals surface area contributed by atoms with E-state index in [1.165, 1.54) is 19.5 Å². The summed E-state index contributed by atoms with van der Waals surface area (Å²) in [4.78, 5) is 14.9. The molecule has 1 saturated heterocycles. The lowest BCUT2D eigenvalue weighted by Gasteiger charge is -2.35. The third-order valence-electron chi connectivity index (χ3n) is 4.92. The largest absolute Gasteiger partial charge is 0.480 e. The highest BCUT2D eigenvalue weighted by Crippen LogP contribution is 2.21. The van der Waals surface area contributed by atoms with Gasteiger partial charge in [-0.05, 0) is 56.2 Å². The van der Waals surface area contributed by atoms with Crippen molar-refractivity contribution in [2.24, 2.45) is 11.8 Å². The summed E-state index contributed by atoms with van der Waals surface area (Å²) in [6, 6.07) is 7.84. The summed E-state index contributed by atoms with van der Waals surface area (Å²) in [6.07, 6.45) is 2.57. The minimum Gasteiger partial charge on any atom is -0.480 e. The number of rotatable bonds is 8. The Hall–Kier alpha value is -1.55. The summed E-state index contributed by atoms with van der Waals surface area (Å²) in [6.45, 7) is 12.8. The van der Waals surface area contributed by atoms with Crippen LogP contribution >= 0.6 is 0 Å². The molecular formula is C21H34N2O2. The van der Waals surface area contributed by atoms with Gasteiger partial charge in [-0.3, -0.25) is 4.79 Å². The number of piperidine rings is 1. The van der Waals surface area contributed by atoms with E-state index in [1.54, 1.807) is 0 Å². The van der Waals surface area contributed by atoms with E-state index in [4.69, 9.17) is 4.74 Å². The van der Waals surface area contributed by atoms with Crippen LogP contribution in [0.5, 0.6) is 5.75 Å². The molecule has 1 heterocycles. The van der Waals surface area contributed by atoms with Gasteiger partial charge >= 0.3 is 0 Å². The first-order valence-corrected chi connectivity index (χ1v) is 9.72. The molecule has 0 unspecified atom stereocenters. The van der Waals surface area contributed by atoms with Crippen LogP contribution < -0.4 is 10.1 Å². The summed E-state index contributed by atoms with van der Waals surface area (Å²) >= 11 is 0. The first kappa shape index (κ1) is 19.8. The van der Waals surface area contributed by atoms with Crippen LogP contribution in [-0.4, -0.2) is 43.1 Å². The Kier molecular flexibility index (Phi) is 7.76. The topological polar surface area (TPSA) is 41.6 Å². The SMILES string of the molecule is CC[C@H](Oc1ccccc1C)C(=O)NCCCN1C[C@@H](C)C[C@H](C)C1. The number of carbonyl (C=O) groups is 1. The molecule has 0 spiro atoms. The first-order valence-electron chi connectivity index (χ1n) is 9.72. The van der Waals surface area contributed by atoms with E-state index in [2.05, 4.69) is 24.1 Å². The fourth-order valence-corrected chi connectivity index (χ4v) is 3.77. The van der Waals surface area contributed by atoms with Gasteiger partial charge in [-0.25, -0.2) is 0 Å². The van der Waals surface area contributed by atoms with Crippen molar-refractivity contribution < 1.29 is 9.53 Å². The maximum absolute atomic E-state index is 12.4. The Morgan fingerprint density at radius 3 is 2.60 bits per heavy atom. The molecule has 1 aromatic carbocycles. The van der Waals surface area contributed by atoms with E-state index in [0.29, 0.717) is 13.0 Å². The Labute approximate surface area is 152 Å². The number of para-hydroxylation sites is 1. The molecule has 2 rings (SSSR count). The number of amides is 1. The van der Waals surface area contributed by atoms with Gasteiger partial charge in [0.05, 0.1) is 0 Å². The van der Waals surface area contributed by atoms with E-state index < -0.39 is 6.10 Å². The molecule has 25 heavy (non-hydrogen) atoms. The molecule has 0 saturated carbocycles. The molecule has 0 bridgehead atoms. The molecule has 1 aromatic rings. The van der Waals surface area contributed by atoms with Crippen molar-refractivity contribution in [3.8, 4) is 5.75 Å². The number of nitrogens with one attached hydrogen (secondary N) is 1. The second kappa shape index (κ2) is 9.81. The van der Waals surface area contributed by atoms with Crippen molar-refractivity contribution in [2.75, 3.05) is 26.2 Å². The van der Waals surface area contributed by atoms with Gasteiger partial charge in [0.2, 0.25) is 0 Å². The molecule has 0 radical (unpaired) electrons. The molecule has 1 N–H and O–H groups in total. The van der Waals surface area contributed by atoms with Crippen LogP contribution in [0, 0.1) is 18.8 Å². The van der Waals surface area contributed by atoms with Crippen LogP contribution in [0.2, 0.25) is 0 Å². The fraction of sp³-hybridized carbons (Fsp3) is 0.667. The van der Waals surface area contributed by atoms with Gasteiger partial charge in [0.1, 0.15) is 5.75 Å². The van der Waals surface area contributed by atoms with Gasteiger partial charge < -0.3 is 15.0 Å². The standard InChI is InChI=1S/C21H34N2O2/c1-5-19(25-20-10-7-6-9-18(20)4)21(24)22-11-8-12-23-14-16(2)13-17(3)15-23/h6-7,9-10,16-17,19H,5,8,11-15H2,1-4H3,(H,22,24)/t16-,17-,19-/m0/s1. The molecule has 0 aromatic heterocycles. The highest BCUT2D eigenvalue weighted by Gasteiger charge is 2.22. The number of carbonyl (C=O) groups excluding carboxylic acids is 1. The highest BCUT2D eigenvalue weighted by atomic mass is 16.5. The van der Waals surface area contributed by atoms with E-state index in [0.717, 1.165) is 36.1 Å². The van der Waals surface area contributed by atoms with E-state index >= 15 is 0 Å². The summed E-state index contributed by atoms with van der Waals surface area (Å²) in [5.41, 5.74) is 1.06. The van der Waals surface area contributed by atoms with Crippen molar-refractivity contribution in [1.82, 2.24) is 10.2 Å². The zero-order valence-corrected chi connectivity index (χ0v) is 16.3. The third kappa shape index (κ3) is 6.35. The zero-order chi connectivity index (χ0) is 18.2. The molecule has 1 aliphatic rings. The second-order valence-corrected chi connectivity index (χ2v) is 7.63. The van der Waals surface area contributed by atoms with Crippen LogP contribution in [-0.2, 0) is 4.79 Å². The zero-order valence-electron chi connectivity index (χ0n) is 16.3. The third-order valence-corrected chi connectivity index (χ3v) is 4.92. The van der Waals surface area contributed by atoms with Gasteiger partial charge in [-0.2, -0.15) is 0 Å². The summed E-state index contributed by atoms with van der Waals surface area (Å²) in [5.74, 6) is 2.35. The summed E-state index contributed by atoms with van der Waals surface area (Å²) < 4.78 is 5.91. The molecule has 1 amide bonds. The number of hydrogen-bond donors (Lipinski definition) is 1. The Morgan fingerprint density at radius 1 is 1.28 bits per heavy atom. The van der Waals surface area contributed by atoms with Crippen molar-refractivity contribution in [3.63, 3.8) is 0 Å². The highest BCUT2D eigenvalue weighted by molar-refractivity contribution is 5.81. The van der Waals surface area contributed by atoms with Gasteiger partial charge in [-0.1, -0.05) is 39.0 Å². The maximum atomic E-state index is 12.4. The quantitative estimate of drug-likeness (QED) is 0.731. The van der Waals surface area contributed by atoms with Crippen LogP contribution in [0.15, 0.2) is 24.3 Å². The Morgan fingerprint density at radius 2 is 1.96 bits per heavy atom. The number of nitrogens with zero attached hydrogens (tertiary/aromatic N) is 1. The average molecular weight is 347 g/mol. The number of ether oxygens (including phenoxy) is 1. The lowest BCUT2D eigenvalue weighted by atomic mass is 9.92. The minimum atomic E-state index is -0.420. The number of aryl methyl sites for hydroxylation is 1. The fourth-order valence-electron chi connectivity index (χ4n) is 3.77. The Bertz CT molecular complexity index is 536. The number of benzene rings is 1. The summed E-state index contributed by atoms with van der Waals surface area (Å²) in [5, 5.41) is 3.04. The van der Waals surface area contributed by atoms with Gasteiger partial charge in [0.25, 0.3) is 5.91 Å². The maximum Gasteiger partial charge on any atom is 0.261 e. The van der Waals surface area contributed by atoms with Crippen molar-refractivity contribution >= 4 is 5.91 Å². The van der Waals surface area contributed by atoms with Crippen LogP contribution in [0.4, 0.5) is 0 Å².